The maximum Gasteiger partial charge on any atom is 0.240 e. The summed E-state index contributed by atoms with van der Waals surface area (Å²) in [6.07, 6.45) is 0.498. The molecule has 0 amide bonds. The minimum atomic E-state index is -3.62. The lowest BCUT2D eigenvalue weighted by molar-refractivity contribution is 0.414. The van der Waals surface area contributed by atoms with E-state index < -0.39 is 10.0 Å². The first-order chi connectivity index (χ1) is 14.3. The zero-order chi connectivity index (χ0) is 21.7. The maximum atomic E-state index is 13.4. The van der Waals surface area contributed by atoms with E-state index in [0.29, 0.717) is 28.7 Å². The van der Waals surface area contributed by atoms with Gasteiger partial charge in [-0.2, -0.15) is 4.37 Å². The van der Waals surface area contributed by atoms with Crippen LogP contribution in [0.15, 0.2) is 47.4 Å². The third-order valence-electron chi connectivity index (χ3n) is 4.37. The molecule has 2 aromatic carbocycles. The summed E-state index contributed by atoms with van der Waals surface area (Å²) in [5.74, 6) is 0.977. The number of nitrogens with one attached hydrogen (secondary N) is 2. The number of ether oxygens (including phenoxy) is 1. The lowest BCUT2D eigenvalue weighted by Gasteiger charge is -2.14. The van der Waals surface area contributed by atoms with Crippen molar-refractivity contribution in [2.75, 3.05) is 19.0 Å². The Balaban J connectivity index is 1.54. The van der Waals surface area contributed by atoms with Gasteiger partial charge in [0, 0.05) is 30.5 Å². The Morgan fingerprint density at radius 2 is 1.93 bits per heavy atom. The number of halogens is 1. The molecule has 1 unspecified atom stereocenters. The van der Waals surface area contributed by atoms with E-state index in [1.54, 1.807) is 31.2 Å². The van der Waals surface area contributed by atoms with Gasteiger partial charge in [0.1, 0.15) is 17.4 Å². The van der Waals surface area contributed by atoms with Crippen molar-refractivity contribution < 1.29 is 17.5 Å². The van der Waals surface area contributed by atoms with Crippen molar-refractivity contribution in [1.29, 1.82) is 0 Å². The van der Waals surface area contributed by atoms with Crippen LogP contribution in [-0.4, -0.2) is 37.5 Å². The van der Waals surface area contributed by atoms with Crippen LogP contribution in [-0.2, 0) is 16.4 Å². The lowest BCUT2D eigenvalue weighted by Crippen LogP contribution is -2.34. The Labute approximate surface area is 179 Å². The highest BCUT2D eigenvalue weighted by Crippen LogP contribution is 2.18. The number of methoxy groups -OCH3 is 1. The van der Waals surface area contributed by atoms with E-state index in [2.05, 4.69) is 19.4 Å². The fourth-order valence-corrected chi connectivity index (χ4v) is 4.55. The predicted octanol–water partition coefficient (Wildman–Crippen LogP) is 3.36. The molecule has 3 rings (SSSR count). The average Bonchev–Trinajstić information content (AvgIpc) is 3.16. The van der Waals surface area contributed by atoms with Gasteiger partial charge in [0.2, 0.25) is 15.2 Å². The number of anilines is 1. The third-order valence-corrected chi connectivity index (χ3v) is 6.50. The first kappa shape index (κ1) is 22.1. The molecule has 3 aromatic rings. The number of sulfonamides is 1. The number of nitrogens with zero attached hydrogens (tertiary/aromatic N) is 2. The van der Waals surface area contributed by atoms with Crippen molar-refractivity contribution in [3.8, 4) is 5.75 Å². The van der Waals surface area contributed by atoms with Gasteiger partial charge in [0.05, 0.1) is 12.0 Å². The quantitative estimate of drug-likeness (QED) is 0.519. The molecule has 0 aliphatic carbocycles. The van der Waals surface area contributed by atoms with Crippen LogP contribution in [0.25, 0.3) is 0 Å². The number of aryl methyl sites for hydroxylation is 1. The highest BCUT2D eigenvalue weighted by atomic mass is 32.2. The van der Waals surface area contributed by atoms with Gasteiger partial charge in [0.25, 0.3) is 0 Å². The highest BCUT2D eigenvalue weighted by Gasteiger charge is 2.16. The molecule has 30 heavy (non-hydrogen) atoms. The Morgan fingerprint density at radius 3 is 2.60 bits per heavy atom. The topological polar surface area (TPSA) is 93.2 Å². The summed E-state index contributed by atoms with van der Waals surface area (Å²) in [7, 11) is -2.10. The van der Waals surface area contributed by atoms with Gasteiger partial charge in [-0.15, -0.1) is 0 Å². The second kappa shape index (κ2) is 9.50. The van der Waals surface area contributed by atoms with Crippen LogP contribution < -0.4 is 14.8 Å². The fraction of sp³-hybridized carbons (Fsp3) is 0.300. The standard InChI is InChI=1S/C20H23FN4O3S2/c1-13-10-15(4-9-18(13)21)11-19-24-20(29-25-19)23-14(2)12-22-30(26,27)17-7-5-16(28-3)6-8-17/h4-10,14,22H,11-12H2,1-3H3,(H,23,24,25). The summed E-state index contributed by atoms with van der Waals surface area (Å²) >= 11 is 1.20. The zero-order valence-electron chi connectivity index (χ0n) is 16.8. The molecular formula is C20H23FN4O3S2. The van der Waals surface area contributed by atoms with Crippen LogP contribution >= 0.6 is 11.5 Å². The van der Waals surface area contributed by atoms with E-state index in [9.17, 15) is 12.8 Å². The molecule has 0 radical (unpaired) electrons. The molecule has 1 heterocycles. The summed E-state index contributed by atoms with van der Waals surface area (Å²) in [5.41, 5.74) is 1.51. The molecule has 0 aliphatic heterocycles. The summed E-state index contributed by atoms with van der Waals surface area (Å²) in [6, 6.07) is 10.9. The molecule has 7 nitrogen and oxygen atoms in total. The van der Waals surface area contributed by atoms with E-state index in [0.717, 1.165) is 5.56 Å². The van der Waals surface area contributed by atoms with E-state index in [1.807, 2.05) is 6.92 Å². The second-order valence-corrected chi connectivity index (χ2v) is 9.37. The Bertz CT molecular complexity index is 1100. The molecule has 0 aliphatic rings. The highest BCUT2D eigenvalue weighted by molar-refractivity contribution is 7.89. The summed E-state index contributed by atoms with van der Waals surface area (Å²) in [5, 5.41) is 3.75. The molecule has 0 saturated carbocycles. The van der Waals surface area contributed by atoms with Crippen molar-refractivity contribution in [1.82, 2.24) is 14.1 Å². The monoisotopic (exact) mass is 450 g/mol. The minimum absolute atomic E-state index is 0.170. The van der Waals surface area contributed by atoms with Crippen LogP contribution in [0, 0.1) is 12.7 Å². The van der Waals surface area contributed by atoms with Crippen molar-refractivity contribution in [3.05, 3.63) is 65.2 Å². The van der Waals surface area contributed by atoms with Crippen molar-refractivity contribution in [3.63, 3.8) is 0 Å². The number of hydrogen-bond acceptors (Lipinski definition) is 7. The molecular weight excluding hydrogens is 427 g/mol. The Hall–Kier alpha value is -2.56. The fourth-order valence-electron chi connectivity index (χ4n) is 2.72. The molecule has 0 bridgehead atoms. The van der Waals surface area contributed by atoms with Gasteiger partial charge >= 0.3 is 0 Å². The molecule has 160 valence electrons. The first-order valence-corrected chi connectivity index (χ1v) is 11.5. The smallest absolute Gasteiger partial charge is 0.240 e. The van der Waals surface area contributed by atoms with Crippen molar-refractivity contribution >= 4 is 26.7 Å². The van der Waals surface area contributed by atoms with Gasteiger partial charge in [-0.25, -0.2) is 22.5 Å². The largest absolute Gasteiger partial charge is 0.497 e. The summed E-state index contributed by atoms with van der Waals surface area (Å²) < 4.78 is 50.2. The molecule has 1 aromatic heterocycles. The van der Waals surface area contributed by atoms with Gasteiger partial charge in [-0.05, 0) is 55.3 Å². The minimum Gasteiger partial charge on any atom is -0.497 e. The zero-order valence-corrected chi connectivity index (χ0v) is 18.5. The van der Waals surface area contributed by atoms with Gasteiger partial charge in [-0.1, -0.05) is 12.1 Å². The van der Waals surface area contributed by atoms with Crippen LogP contribution in [0.5, 0.6) is 5.75 Å². The summed E-state index contributed by atoms with van der Waals surface area (Å²) in [4.78, 5) is 4.60. The number of aromatic nitrogens is 2. The second-order valence-electron chi connectivity index (χ2n) is 6.85. The van der Waals surface area contributed by atoms with E-state index in [-0.39, 0.29) is 23.3 Å². The number of rotatable bonds is 9. The van der Waals surface area contributed by atoms with Gasteiger partial charge in [0.15, 0.2) is 0 Å². The molecule has 1 atom stereocenters. The molecule has 2 N–H and O–H groups in total. The third kappa shape index (κ3) is 5.74. The van der Waals surface area contributed by atoms with Crippen LogP contribution in [0.1, 0.15) is 23.9 Å². The summed E-state index contributed by atoms with van der Waals surface area (Å²) in [6.45, 7) is 3.75. The lowest BCUT2D eigenvalue weighted by atomic mass is 10.1. The van der Waals surface area contributed by atoms with Crippen LogP contribution in [0.4, 0.5) is 9.52 Å². The van der Waals surface area contributed by atoms with E-state index >= 15 is 0 Å². The molecule has 0 fully saturated rings. The SMILES string of the molecule is COc1ccc(S(=O)(=O)NCC(C)Nc2nc(Cc3ccc(F)c(C)c3)ns2)cc1. The van der Waals surface area contributed by atoms with E-state index in [1.165, 1.54) is 36.8 Å². The maximum absolute atomic E-state index is 13.4. The van der Waals surface area contributed by atoms with E-state index in [4.69, 9.17) is 4.74 Å². The van der Waals surface area contributed by atoms with Crippen molar-refractivity contribution in [2.45, 2.75) is 31.2 Å². The number of hydrogen-bond donors (Lipinski definition) is 2. The number of benzene rings is 2. The van der Waals surface area contributed by atoms with Gasteiger partial charge < -0.3 is 10.1 Å². The van der Waals surface area contributed by atoms with Crippen LogP contribution in [0.2, 0.25) is 0 Å². The Kier molecular flexibility index (Phi) is 7.01. The molecule has 0 saturated heterocycles. The van der Waals surface area contributed by atoms with Crippen molar-refractivity contribution in [2.24, 2.45) is 0 Å². The average molecular weight is 451 g/mol. The van der Waals surface area contributed by atoms with Gasteiger partial charge in [-0.3, -0.25) is 0 Å². The molecule has 0 spiro atoms. The predicted molar refractivity (Wildman–Crippen MR) is 115 cm³/mol. The normalized spacial score (nSPS) is 12.5. The Morgan fingerprint density at radius 1 is 1.20 bits per heavy atom. The molecule has 10 heteroatoms. The van der Waals surface area contributed by atoms with Crippen LogP contribution in [0.3, 0.4) is 0 Å². The first-order valence-electron chi connectivity index (χ1n) is 9.24.